The Balaban J connectivity index is 2.20. The first-order chi connectivity index (χ1) is 9.09. The molecule has 2 rings (SSSR count). The number of benzene rings is 1. The van der Waals surface area contributed by atoms with Crippen LogP contribution in [-0.4, -0.2) is 35.8 Å². The number of carboxylic acids is 1. The monoisotopic (exact) mass is 267 g/mol. The van der Waals surface area contributed by atoms with Gasteiger partial charge in [-0.25, -0.2) is 4.79 Å². The minimum Gasteiger partial charge on any atom is -0.492 e. The van der Waals surface area contributed by atoms with E-state index in [2.05, 4.69) is 0 Å². The Morgan fingerprint density at radius 1 is 1.58 bits per heavy atom. The van der Waals surface area contributed by atoms with Crippen LogP contribution in [0.1, 0.15) is 16.8 Å². The molecule has 1 heterocycles. The van der Waals surface area contributed by atoms with Crippen LogP contribution in [0.4, 0.5) is 5.69 Å². The molecule has 1 aliphatic rings. The standard InChI is InChI=1S/C12H13NO6/c14-12(15)11-9(13(16)17)2-1-3-10(11)19-7-8-4-5-18-6-8/h1-3,8H,4-7H2,(H,14,15). The molecule has 0 spiro atoms. The molecule has 0 aromatic heterocycles. The number of carbonyl (C=O) groups is 1. The molecule has 0 radical (unpaired) electrons. The summed E-state index contributed by atoms with van der Waals surface area (Å²) < 4.78 is 10.6. The van der Waals surface area contributed by atoms with Gasteiger partial charge in [0.15, 0.2) is 5.56 Å². The summed E-state index contributed by atoms with van der Waals surface area (Å²) in [5, 5.41) is 19.9. The molecule has 1 N–H and O–H groups in total. The van der Waals surface area contributed by atoms with Crippen LogP contribution < -0.4 is 4.74 Å². The maximum Gasteiger partial charge on any atom is 0.346 e. The van der Waals surface area contributed by atoms with Crippen LogP contribution >= 0.6 is 0 Å². The quantitative estimate of drug-likeness (QED) is 0.644. The number of aromatic carboxylic acids is 1. The summed E-state index contributed by atoms with van der Waals surface area (Å²) in [7, 11) is 0. The molecule has 1 atom stereocenters. The highest BCUT2D eigenvalue weighted by molar-refractivity contribution is 5.95. The van der Waals surface area contributed by atoms with Gasteiger partial charge < -0.3 is 14.6 Å². The average molecular weight is 267 g/mol. The highest BCUT2D eigenvalue weighted by Crippen LogP contribution is 2.29. The summed E-state index contributed by atoms with van der Waals surface area (Å²) >= 11 is 0. The summed E-state index contributed by atoms with van der Waals surface area (Å²) in [5.74, 6) is -1.15. The Morgan fingerprint density at radius 2 is 2.37 bits per heavy atom. The summed E-state index contributed by atoms with van der Waals surface area (Å²) in [4.78, 5) is 21.2. The van der Waals surface area contributed by atoms with E-state index in [0.717, 1.165) is 12.5 Å². The van der Waals surface area contributed by atoms with E-state index in [1.807, 2.05) is 0 Å². The van der Waals surface area contributed by atoms with Crippen molar-refractivity contribution in [2.24, 2.45) is 5.92 Å². The van der Waals surface area contributed by atoms with Crippen molar-refractivity contribution in [2.75, 3.05) is 19.8 Å². The van der Waals surface area contributed by atoms with Crippen molar-refractivity contribution in [1.29, 1.82) is 0 Å². The fraction of sp³-hybridized carbons (Fsp3) is 0.417. The van der Waals surface area contributed by atoms with Gasteiger partial charge >= 0.3 is 5.97 Å². The zero-order valence-corrected chi connectivity index (χ0v) is 10.1. The second-order valence-corrected chi connectivity index (χ2v) is 4.25. The third-order valence-electron chi connectivity index (χ3n) is 2.91. The van der Waals surface area contributed by atoms with Crippen LogP contribution in [-0.2, 0) is 4.74 Å². The van der Waals surface area contributed by atoms with Gasteiger partial charge in [0.2, 0.25) is 0 Å². The maximum atomic E-state index is 11.1. The summed E-state index contributed by atoms with van der Waals surface area (Å²) in [6, 6.07) is 3.98. The van der Waals surface area contributed by atoms with Gasteiger partial charge in [0.25, 0.3) is 5.69 Å². The van der Waals surface area contributed by atoms with E-state index < -0.39 is 22.1 Å². The Hall–Kier alpha value is -2.15. The van der Waals surface area contributed by atoms with Gasteiger partial charge in [0.05, 0.1) is 18.1 Å². The molecule has 102 valence electrons. The lowest BCUT2D eigenvalue weighted by molar-refractivity contribution is -0.385. The van der Waals surface area contributed by atoms with E-state index in [4.69, 9.17) is 14.6 Å². The lowest BCUT2D eigenvalue weighted by Gasteiger charge is -2.12. The number of carboxylic acid groups (broad SMARTS) is 1. The van der Waals surface area contributed by atoms with Gasteiger partial charge in [-0.3, -0.25) is 10.1 Å². The fourth-order valence-electron chi connectivity index (χ4n) is 1.93. The first-order valence-electron chi connectivity index (χ1n) is 5.81. The topological polar surface area (TPSA) is 98.9 Å². The molecular weight excluding hydrogens is 254 g/mol. The predicted octanol–water partition coefficient (Wildman–Crippen LogP) is 1.71. The van der Waals surface area contributed by atoms with Crippen LogP contribution in [0.15, 0.2) is 18.2 Å². The van der Waals surface area contributed by atoms with Gasteiger partial charge in [-0.1, -0.05) is 6.07 Å². The number of nitrogens with zero attached hydrogens (tertiary/aromatic N) is 1. The molecule has 7 heteroatoms. The smallest absolute Gasteiger partial charge is 0.346 e. The van der Waals surface area contributed by atoms with E-state index in [-0.39, 0.29) is 11.7 Å². The van der Waals surface area contributed by atoms with Crippen molar-refractivity contribution >= 4 is 11.7 Å². The highest BCUT2D eigenvalue weighted by Gasteiger charge is 2.25. The molecule has 1 aromatic carbocycles. The van der Waals surface area contributed by atoms with Crippen LogP contribution in [0.25, 0.3) is 0 Å². The predicted molar refractivity (Wildman–Crippen MR) is 64.5 cm³/mol. The SMILES string of the molecule is O=C(O)c1c(OCC2CCOC2)cccc1[N+](=O)[O-]. The lowest BCUT2D eigenvalue weighted by atomic mass is 10.1. The van der Waals surface area contributed by atoms with Crippen molar-refractivity contribution in [3.8, 4) is 5.75 Å². The van der Waals surface area contributed by atoms with Crippen LogP contribution in [0.5, 0.6) is 5.75 Å². The number of hydrogen-bond donors (Lipinski definition) is 1. The number of nitro benzene ring substituents is 1. The zero-order valence-electron chi connectivity index (χ0n) is 10.1. The van der Waals surface area contributed by atoms with Gasteiger partial charge in [0.1, 0.15) is 5.75 Å². The van der Waals surface area contributed by atoms with E-state index in [1.54, 1.807) is 0 Å². The summed E-state index contributed by atoms with van der Waals surface area (Å²) in [5.41, 5.74) is -0.876. The molecule has 1 aromatic rings. The number of hydrogen-bond acceptors (Lipinski definition) is 5. The summed E-state index contributed by atoms with van der Waals surface area (Å²) in [6.45, 7) is 1.52. The van der Waals surface area contributed by atoms with Gasteiger partial charge in [0, 0.05) is 18.6 Å². The van der Waals surface area contributed by atoms with Gasteiger partial charge in [-0.05, 0) is 12.5 Å². The third-order valence-corrected chi connectivity index (χ3v) is 2.91. The molecule has 1 aliphatic heterocycles. The normalized spacial score (nSPS) is 18.2. The maximum absolute atomic E-state index is 11.1. The molecule has 0 saturated carbocycles. The zero-order chi connectivity index (χ0) is 13.8. The Morgan fingerprint density at radius 3 is 2.95 bits per heavy atom. The average Bonchev–Trinajstić information content (AvgIpc) is 2.88. The van der Waals surface area contributed by atoms with E-state index in [1.165, 1.54) is 12.1 Å². The van der Waals surface area contributed by atoms with Gasteiger partial charge in [-0.2, -0.15) is 0 Å². The second-order valence-electron chi connectivity index (χ2n) is 4.25. The largest absolute Gasteiger partial charge is 0.492 e. The number of rotatable bonds is 5. The molecule has 0 aliphatic carbocycles. The fourth-order valence-corrected chi connectivity index (χ4v) is 1.93. The lowest BCUT2D eigenvalue weighted by Crippen LogP contribution is -2.14. The van der Waals surface area contributed by atoms with E-state index in [9.17, 15) is 14.9 Å². The molecule has 19 heavy (non-hydrogen) atoms. The van der Waals surface area contributed by atoms with Crippen molar-refractivity contribution < 1.29 is 24.3 Å². The van der Waals surface area contributed by atoms with Crippen molar-refractivity contribution in [3.05, 3.63) is 33.9 Å². The molecule has 0 bridgehead atoms. The van der Waals surface area contributed by atoms with Gasteiger partial charge in [-0.15, -0.1) is 0 Å². The summed E-state index contributed by atoms with van der Waals surface area (Å²) in [6.07, 6.45) is 0.845. The second kappa shape index (κ2) is 5.66. The van der Waals surface area contributed by atoms with Crippen molar-refractivity contribution in [2.45, 2.75) is 6.42 Å². The highest BCUT2D eigenvalue weighted by atomic mass is 16.6. The molecule has 1 unspecified atom stereocenters. The minimum absolute atomic E-state index is 0.0219. The first-order valence-corrected chi connectivity index (χ1v) is 5.81. The third kappa shape index (κ3) is 3.00. The Kier molecular flexibility index (Phi) is 3.96. The Bertz CT molecular complexity index is 495. The minimum atomic E-state index is -1.37. The molecule has 0 amide bonds. The van der Waals surface area contributed by atoms with E-state index >= 15 is 0 Å². The van der Waals surface area contributed by atoms with E-state index in [0.29, 0.717) is 19.8 Å². The molecule has 1 saturated heterocycles. The molecule has 7 nitrogen and oxygen atoms in total. The van der Waals surface area contributed by atoms with Crippen LogP contribution in [0.2, 0.25) is 0 Å². The number of ether oxygens (including phenoxy) is 2. The van der Waals surface area contributed by atoms with Crippen LogP contribution in [0, 0.1) is 16.0 Å². The molecule has 1 fully saturated rings. The van der Waals surface area contributed by atoms with Crippen molar-refractivity contribution in [3.63, 3.8) is 0 Å². The molecular formula is C12H13NO6. The van der Waals surface area contributed by atoms with Crippen LogP contribution in [0.3, 0.4) is 0 Å². The first kappa shape index (κ1) is 13.3. The Labute approximate surface area is 108 Å². The van der Waals surface area contributed by atoms with Crippen molar-refractivity contribution in [1.82, 2.24) is 0 Å². The number of nitro groups is 1.